The molecule has 1 N–H and O–H groups in total. The highest BCUT2D eigenvalue weighted by Gasteiger charge is 2.44. The Bertz CT molecular complexity index is 1300. The van der Waals surface area contributed by atoms with Crippen molar-refractivity contribution in [3.05, 3.63) is 70.4 Å². The van der Waals surface area contributed by atoms with Crippen LogP contribution in [0, 0.1) is 19.8 Å². The number of rotatable bonds is 9. The van der Waals surface area contributed by atoms with E-state index in [2.05, 4.69) is 11.6 Å². The quantitative estimate of drug-likeness (QED) is 0.229. The van der Waals surface area contributed by atoms with Crippen molar-refractivity contribution >= 4 is 51.9 Å². The van der Waals surface area contributed by atoms with Crippen molar-refractivity contribution in [1.82, 2.24) is 9.88 Å². The monoisotopic (exact) mass is 569 g/mol. The molecule has 1 amide bonds. The minimum atomic E-state index is -0.454. The average Bonchev–Trinajstić information content (AvgIpc) is 3.50. The van der Waals surface area contributed by atoms with Crippen LogP contribution in [0.25, 0.3) is 5.57 Å². The first-order valence-electron chi connectivity index (χ1n) is 12.8. The van der Waals surface area contributed by atoms with E-state index in [4.69, 9.17) is 14.5 Å². The smallest absolute Gasteiger partial charge is 0.340 e. The van der Waals surface area contributed by atoms with Gasteiger partial charge in [-0.2, -0.15) is 0 Å². The molecule has 2 atom stereocenters. The van der Waals surface area contributed by atoms with Gasteiger partial charge in [0.1, 0.15) is 11.1 Å². The number of benzene rings is 1. The number of methoxy groups -OCH3 is 1. The summed E-state index contributed by atoms with van der Waals surface area (Å²) in [6.07, 6.45) is 1.65. The van der Waals surface area contributed by atoms with Crippen LogP contribution in [0.4, 0.5) is 0 Å². The molecule has 0 fully saturated rings. The number of ether oxygens (including phenoxy) is 2. The molecule has 0 aliphatic carbocycles. The van der Waals surface area contributed by atoms with Crippen molar-refractivity contribution in [2.75, 3.05) is 26.0 Å². The number of hydrogen-bond acceptors (Lipinski definition) is 8. The Morgan fingerprint density at radius 2 is 1.92 bits per heavy atom. The lowest BCUT2D eigenvalue weighted by molar-refractivity contribution is -0.129. The number of aromatic nitrogens is 1. The van der Waals surface area contributed by atoms with Crippen LogP contribution in [0.3, 0.4) is 0 Å². The number of thioether (sulfide) groups is 2. The van der Waals surface area contributed by atoms with Gasteiger partial charge < -0.3 is 14.5 Å². The van der Waals surface area contributed by atoms with E-state index in [9.17, 15) is 14.4 Å². The molecule has 2 unspecified atom stereocenters. The van der Waals surface area contributed by atoms with Gasteiger partial charge in [-0.1, -0.05) is 43.8 Å². The number of carbonyl (C=O) groups excluding carboxylic acids is 3. The number of nitrogens with zero attached hydrogens (tertiary/aromatic N) is 2. The molecule has 10 heteroatoms. The van der Waals surface area contributed by atoms with Crippen molar-refractivity contribution in [2.24, 2.45) is 10.9 Å². The zero-order chi connectivity index (χ0) is 28.7. The van der Waals surface area contributed by atoms with Gasteiger partial charge in [0.2, 0.25) is 5.91 Å². The van der Waals surface area contributed by atoms with Crippen LogP contribution in [0.1, 0.15) is 58.4 Å². The fraction of sp³-hybridized carbons (Fsp3) is 0.379. The molecule has 0 bridgehead atoms. The van der Waals surface area contributed by atoms with Gasteiger partial charge in [0.15, 0.2) is 11.0 Å². The molecule has 0 spiro atoms. The van der Waals surface area contributed by atoms with Crippen LogP contribution >= 0.6 is 23.5 Å². The summed E-state index contributed by atoms with van der Waals surface area (Å²) in [6, 6.07) is 7.63. The molecular formula is C29H35N3O5S2. The topological polar surface area (TPSA) is 101 Å². The lowest BCUT2D eigenvalue weighted by Crippen LogP contribution is -2.46. The lowest BCUT2D eigenvalue weighted by Gasteiger charge is -2.33. The third-order valence-corrected chi connectivity index (χ3v) is 8.26. The summed E-state index contributed by atoms with van der Waals surface area (Å²) in [5.74, 6) is -0.323. The Morgan fingerprint density at radius 3 is 2.54 bits per heavy atom. The van der Waals surface area contributed by atoms with Crippen LogP contribution in [0.15, 0.2) is 47.3 Å². The Labute approximate surface area is 238 Å². The van der Waals surface area contributed by atoms with E-state index in [1.165, 1.54) is 23.5 Å². The third kappa shape index (κ3) is 6.33. The number of aliphatic imine (C=N–C) groups is 1. The first-order valence-corrected chi connectivity index (χ1v) is 14.8. The number of amidine groups is 1. The lowest BCUT2D eigenvalue weighted by atomic mass is 9.92. The number of esters is 1. The first kappa shape index (κ1) is 30.3. The number of ketones is 1. The van der Waals surface area contributed by atoms with E-state index in [0.29, 0.717) is 27.7 Å². The molecule has 0 saturated carbocycles. The SMILES string of the molecule is C=CCN1C(=O)C2C(c3ccc(OC)cc3)=CSC2N=C1SCC(=O)c1[nH]c(C)c(C(=O)OCC)c1C.CC. The van der Waals surface area contributed by atoms with Crippen molar-refractivity contribution in [3.63, 3.8) is 0 Å². The van der Waals surface area contributed by atoms with Crippen LogP contribution in [0.5, 0.6) is 5.75 Å². The zero-order valence-corrected chi connectivity index (χ0v) is 24.8. The number of nitrogens with one attached hydrogen (secondary N) is 1. The molecule has 2 aromatic rings. The number of H-pyrrole nitrogens is 1. The number of amides is 1. The maximum Gasteiger partial charge on any atom is 0.340 e. The second kappa shape index (κ2) is 13.7. The fourth-order valence-electron chi connectivity index (χ4n) is 4.43. The van der Waals surface area contributed by atoms with E-state index < -0.39 is 11.9 Å². The predicted octanol–water partition coefficient (Wildman–Crippen LogP) is 5.87. The summed E-state index contributed by atoms with van der Waals surface area (Å²) in [6.45, 7) is 13.5. The summed E-state index contributed by atoms with van der Waals surface area (Å²) in [5, 5.41) is 2.18. The third-order valence-electron chi connectivity index (χ3n) is 6.22. The van der Waals surface area contributed by atoms with Crippen LogP contribution in [-0.2, 0) is 9.53 Å². The maximum atomic E-state index is 13.6. The number of carbonyl (C=O) groups is 3. The highest BCUT2D eigenvalue weighted by Crippen LogP contribution is 2.46. The van der Waals surface area contributed by atoms with Gasteiger partial charge in [0.25, 0.3) is 0 Å². The van der Waals surface area contributed by atoms with E-state index >= 15 is 0 Å². The predicted molar refractivity (Wildman–Crippen MR) is 160 cm³/mol. The standard InChI is InChI=1S/C27H29N3O5S2.C2H6/c1-6-12-30-25(32)22-19(17-8-10-18(34-5)11-9-17)13-36-24(22)29-27(30)37-14-20(31)23-15(3)21(16(4)28-23)26(33)35-7-2;1-2/h6,8-11,13,22,24,28H,1,7,12,14H2,2-5H3;1-2H3. The molecule has 4 rings (SSSR count). The summed E-state index contributed by atoms with van der Waals surface area (Å²) < 4.78 is 10.4. The number of fused-ring (bicyclic) bond motifs is 1. The Hall–Kier alpha value is -3.24. The van der Waals surface area contributed by atoms with Gasteiger partial charge in [-0.05, 0) is 55.0 Å². The molecule has 0 radical (unpaired) electrons. The van der Waals surface area contributed by atoms with E-state index in [-0.39, 0.29) is 36.0 Å². The van der Waals surface area contributed by atoms with Crippen molar-refractivity contribution in [1.29, 1.82) is 0 Å². The minimum Gasteiger partial charge on any atom is -0.497 e. The van der Waals surface area contributed by atoms with Crippen LogP contribution < -0.4 is 4.74 Å². The van der Waals surface area contributed by atoms with E-state index in [1.54, 1.807) is 38.9 Å². The van der Waals surface area contributed by atoms with Crippen molar-refractivity contribution in [2.45, 2.75) is 40.0 Å². The second-order valence-electron chi connectivity index (χ2n) is 8.51. The Balaban J connectivity index is 0.00000205. The molecular weight excluding hydrogens is 534 g/mol. The van der Waals surface area contributed by atoms with Gasteiger partial charge in [0, 0.05) is 12.2 Å². The summed E-state index contributed by atoms with van der Waals surface area (Å²) in [5.41, 5.74) is 3.77. The number of hydrogen-bond donors (Lipinski definition) is 1. The molecule has 1 aromatic carbocycles. The van der Waals surface area contributed by atoms with Gasteiger partial charge in [-0.15, -0.1) is 18.3 Å². The Kier molecular flexibility index (Phi) is 10.7. The normalized spacial score (nSPS) is 17.9. The fourth-order valence-corrected chi connectivity index (χ4v) is 6.56. The molecule has 208 valence electrons. The molecule has 2 aliphatic rings. The van der Waals surface area contributed by atoms with Gasteiger partial charge in [0.05, 0.1) is 36.6 Å². The molecule has 1 aromatic heterocycles. The maximum absolute atomic E-state index is 13.6. The zero-order valence-electron chi connectivity index (χ0n) is 23.2. The summed E-state index contributed by atoms with van der Waals surface area (Å²) in [4.78, 5) is 48.5. The van der Waals surface area contributed by atoms with E-state index in [1.807, 2.05) is 43.5 Å². The summed E-state index contributed by atoms with van der Waals surface area (Å²) in [7, 11) is 1.61. The molecule has 39 heavy (non-hydrogen) atoms. The molecule has 2 aliphatic heterocycles. The highest BCUT2D eigenvalue weighted by atomic mass is 32.2. The van der Waals surface area contributed by atoms with Crippen molar-refractivity contribution < 1.29 is 23.9 Å². The number of aromatic amines is 1. The molecule has 3 heterocycles. The molecule has 0 saturated heterocycles. The number of aryl methyl sites for hydroxylation is 1. The van der Waals surface area contributed by atoms with E-state index in [0.717, 1.165) is 16.9 Å². The number of Topliss-reactive ketones (excluding diaryl/α,β-unsaturated/α-hetero) is 1. The second-order valence-corrected chi connectivity index (χ2v) is 10.4. The van der Waals surface area contributed by atoms with Gasteiger partial charge in [-0.3, -0.25) is 14.5 Å². The van der Waals surface area contributed by atoms with Crippen LogP contribution in [0.2, 0.25) is 0 Å². The molecule has 8 nitrogen and oxygen atoms in total. The van der Waals surface area contributed by atoms with Crippen LogP contribution in [-0.4, -0.2) is 64.1 Å². The summed E-state index contributed by atoms with van der Waals surface area (Å²) >= 11 is 2.72. The Morgan fingerprint density at radius 1 is 1.23 bits per heavy atom. The van der Waals surface area contributed by atoms with Crippen molar-refractivity contribution in [3.8, 4) is 5.75 Å². The van der Waals surface area contributed by atoms with Gasteiger partial charge >= 0.3 is 5.97 Å². The average molecular weight is 570 g/mol. The first-order chi connectivity index (χ1) is 18.8. The van der Waals surface area contributed by atoms with Gasteiger partial charge in [-0.25, -0.2) is 9.79 Å². The highest BCUT2D eigenvalue weighted by molar-refractivity contribution is 8.14. The minimum absolute atomic E-state index is 0.0592. The largest absolute Gasteiger partial charge is 0.497 e.